The van der Waals surface area contributed by atoms with Crippen LogP contribution >= 0.6 is 0 Å². The lowest BCUT2D eigenvalue weighted by atomic mass is 9.85. The molecule has 0 radical (unpaired) electrons. The number of benzene rings is 2. The number of methoxy groups -OCH3 is 1. The molecule has 0 fully saturated rings. The fourth-order valence-electron chi connectivity index (χ4n) is 3.50. The second-order valence-electron chi connectivity index (χ2n) is 6.33. The number of phenolic OH excluding ortho intramolecular Hbond substituents is 1. The summed E-state index contributed by atoms with van der Waals surface area (Å²) in [7, 11) is 1.51. The number of hydrogen-bond acceptors (Lipinski definition) is 4. The molecule has 0 saturated heterocycles. The van der Waals surface area contributed by atoms with Crippen molar-refractivity contribution >= 4 is 11.7 Å². The fourth-order valence-corrected chi connectivity index (χ4v) is 3.50. The third kappa shape index (κ3) is 2.60. The first-order valence-corrected chi connectivity index (χ1v) is 8.40. The van der Waals surface area contributed by atoms with Gasteiger partial charge in [-0.05, 0) is 36.8 Å². The number of aromatic nitrogens is 2. The number of carbonyl (C=O) groups excluding carboxylic acids is 1. The van der Waals surface area contributed by atoms with Crippen LogP contribution in [0.25, 0.3) is 5.69 Å². The highest BCUT2D eigenvalue weighted by Gasteiger charge is 2.33. The minimum absolute atomic E-state index is 0.0633. The Hall–Kier alpha value is -3.28. The monoisotopic (exact) mass is 349 g/mol. The number of hydrogen-bond donors (Lipinski definition) is 2. The number of anilines is 1. The zero-order valence-electron chi connectivity index (χ0n) is 14.6. The molecule has 4 rings (SSSR count). The van der Waals surface area contributed by atoms with Gasteiger partial charge in [0.05, 0.1) is 18.5 Å². The Morgan fingerprint density at radius 2 is 2.00 bits per heavy atom. The first-order valence-electron chi connectivity index (χ1n) is 8.40. The summed E-state index contributed by atoms with van der Waals surface area (Å²) >= 11 is 0. The van der Waals surface area contributed by atoms with Gasteiger partial charge in [-0.15, -0.1) is 0 Å². The van der Waals surface area contributed by atoms with Crippen molar-refractivity contribution in [2.75, 3.05) is 12.4 Å². The van der Waals surface area contributed by atoms with Gasteiger partial charge >= 0.3 is 0 Å². The Morgan fingerprint density at radius 3 is 2.73 bits per heavy atom. The van der Waals surface area contributed by atoms with E-state index in [9.17, 15) is 9.90 Å². The molecule has 6 heteroatoms. The van der Waals surface area contributed by atoms with Gasteiger partial charge in [-0.25, -0.2) is 4.68 Å². The number of amides is 1. The molecule has 2 N–H and O–H groups in total. The summed E-state index contributed by atoms with van der Waals surface area (Å²) in [6.07, 6.45) is 0.322. The molecule has 0 aliphatic carbocycles. The van der Waals surface area contributed by atoms with Crippen molar-refractivity contribution in [3.63, 3.8) is 0 Å². The topological polar surface area (TPSA) is 76.4 Å². The van der Waals surface area contributed by atoms with Gasteiger partial charge < -0.3 is 15.2 Å². The number of para-hydroxylation sites is 1. The van der Waals surface area contributed by atoms with Crippen molar-refractivity contribution in [2.24, 2.45) is 0 Å². The number of fused-ring (bicyclic) bond motifs is 1. The number of aromatic hydroxyl groups is 1. The summed E-state index contributed by atoms with van der Waals surface area (Å²) in [5.74, 6) is 0.955. The van der Waals surface area contributed by atoms with Crippen molar-refractivity contribution in [1.82, 2.24) is 9.78 Å². The van der Waals surface area contributed by atoms with Gasteiger partial charge in [0.1, 0.15) is 5.82 Å². The van der Waals surface area contributed by atoms with E-state index in [2.05, 4.69) is 10.4 Å². The molecule has 1 aliphatic rings. The van der Waals surface area contributed by atoms with E-state index < -0.39 is 0 Å². The van der Waals surface area contributed by atoms with Crippen LogP contribution in [0.3, 0.4) is 0 Å². The molecule has 0 bridgehead atoms. The van der Waals surface area contributed by atoms with Crippen molar-refractivity contribution in [2.45, 2.75) is 19.3 Å². The molecule has 0 saturated carbocycles. The van der Waals surface area contributed by atoms with Crippen molar-refractivity contribution < 1.29 is 14.6 Å². The minimum Gasteiger partial charge on any atom is -0.504 e. The Balaban J connectivity index is 1.87. The molecule has 3 aromatic rings. The summed E-state index contributed by atoms with van der Waals surface area (Å²) in [6, 6.07) is 14.9. The van der Waals surface area contributed by atoms with E-state index in [1.165, 1.54) is 7.11 Å². The summed E-state index contributed by atoms with van der Waals surface area (Å²) in [4.78, 5) is 12.4. The zero-order chi connectivity index (χ0) is 18.3. The normalized spacial score (nSPS) is 16.1. The number of nitrogens with zero attached hydrogens (tertiary/aromatic N) is 2. The second-order valence-corrected chi connectivity index (χ2v) is 6.33. The van der Waals surface area contributed by atoms with Gasteiger partial charge in [-0.3, -0.25) is 4.79 Å². The number of ether oxygens (including phenoxy) is 1. The predicted octanol–water partition coefficient (Wildman–Crippen LogP) is 3.37. The quantitative estimate of drug-likeness (QED) is 0.760. The summed E-state index contributed by atoms with van der Waals surface area (Å²) < 4.78 is 6.99. The maximum absolute atomic E-state index is 12.4. The average molecular weight is 349 g/mol. The molecule has 0 unspecified atom stereocenters. The SMILES string of the molecule is COc1cc([C@H]2CC(=O)Nc3c2c(C)nn3-c2ccccc2)ccc1O. The largest absolute Gasteiger partial charge is 0.504 e. The van der Waals surface area contributed by atoms with Crippen LogP contribution in [0.2, 0.25) is 0 Å². The lowest BCUT2D eigenvalue weighted by Crippen LogP contribution is -2.25. The van der Waals surface area contributed by atoms with Crippen LogP contribution in [0, 0.1) is 6.92 Å². The number of nitrogens with one attached hydrogen (secondary N) is 1. The van der Waals surface area contributed by atoms with Crippen LogP contribution < -0.4 is 10.1 Å². The Morgan fingerprint density at radius 1 is 1.23 bits per heavy atom. The Labute approximate surface area is 151 Å². The number of aryl methyl sites for hydroxylation is 1. The number of carbonyl (C=O) groups is 1. The molecule has 1 aromatic heterocycles. The molecule has 1 atom stereocenters. The van der Waals surface area contributed by atoms with E-state index in [4.69, 9.17) is 4.74 Å². The van der Waals surface area contributed by atoms with Crippen LogP contribution in [0.5, 0.6) is 11.5 Å². The molecule has 6 nitrogen and oxygen atoms in total. The highest BCUT2D eigenvalue weighted by atomic mass is 16.5. The van der Waals surface area contributed by atoms with Gasteiger partial charge in [0, 0.05) is 17.9 Å². The summed E-state index contributed by atoms with van der Waals surface area (Å²) in [5, 5.41) is 17.5. The van der Waals surface area contributed by atoms with Crippen LogP contribution in [0.4, 0.5) is 5.82 Å². The van der Waals surface area contributed by atoms with Gasteiger partial charge in [-0.2, -0.15) is 5.10 Å². The van der Waals surface area contributed by atoms with Crippen molar-refractivity contribution in [3.05, 3.63) is 65.4 Å². The molecule has 2 heterocycles. The van der Waals surface area contributed by atoms with Crippen LogP contribution in [0.15, 0.2) is 48.5 Å². The van der Waals surface area contributed by atoms with Gasteiger partial charge in [0.25, 0.3) is 0 Å². The molecule has 1 amide bonds. The standard InChI is InChI=1S/C20H19N3O3/c1-12-19-15(13-8-9-16(24)17(10-13)26-2)11-18(25)21-20(19)23(22-12)14-6-4-3-5-7-14/h3-10,15,24H,11H2,1-2H3,(H,21,25)/t15-/m1/s1. The smallest absolute Gasteiger partial charge is 0.226 e. The first-order chi connectivity index (χ1) is 12.6. The third-order valence-corrected chi connectivity index (χ3v) is 4.71. The van der Waals surface area contributed by atoms with Gasteiger partial charge in [0.2, 0.25) is 5.91 Å². The molecular weight excluding hydrogens is 330 g/mol. The molecule has 26 heavy (non-hydrogen) atoms. The average Bonchev–Trinajstić information content (AvgIpc) is 2.98. The fraction of sp³-hybridized carbons (Fsp3) is 0.200. The Bertz CT molecular complexity index is 979. The maximum Gasteiger partial charge on any atom is 0.226 e. The van der Waals surface area contributed by atoms with Crippen molar-refractivity contribution in [3.8, 4) is 17.2 Å². The molecule has 132 valence electrons. The zero-order valence-corrected chi connectivity index (χ0v) is 14.6. The van der Waals surface area contributed by atoms with E-state index in [0.29, 0.717) is 18.0 Å². The molecule has 2 aromatic carbocycles. The van der Waals surface area contributed by atoms with Gasteiger partial charge in [-0.1, -0.05) is 24.3 Å². The number of phenols is 1. The Kier molecular flexibility index (Phi) is 3.88. The van der Waals surface area contributed by atoms with E-state index in [0.717, 1.165) is 22.5 Å². The molecule has 1 aliphatic heterocycles. The minimum atomic E-state index is -0.147. The van der Waals surface area contributed by atoms with E-state index >= 15 is 0 Å². The molecular formula is C20H19N3O3. The van der Waals surface area contributed by atoms with Crippen LogP contribution in [0.1, 0.15) is 29.2 Å². The predicted molar refractivity (Wildman–Crippen MR) is 98.0 cm³/mol. The summed E-state index contributed by atoms with van der Waals surface area (Å²) in [6.45, 7) is 1.94. The highest BCUT2D eigenvalue weighted by Crippen LogP contribution is 2.42. The maximum atomic E-state index is 12.4. The molecule has 0 spiro atoms. The second kappa shape index (κ2) is 6.22. The van der Waals surface area contributed by atoms with E-state index in [1.54, 1.807) is 16.8 Å². The van der Waals surface area contributed by atoms with Crippen LogP contribution in [-0.2, 0) is 4.79 Å². The lowest BCUT2D eigenvalue weighted by Gasteiger charge is -2.24. The summed E-state index contributed by atoms with van der Waals surface area (Å²) in [5.41, 5.74) is 3.65. The number of rotatable bonds is 3. The highest BCUT2D eigenvalue weighted by molar-refractivity contribution is 5.95. The van der Waals surface area contributed by atoms with Crippen molar-refractivity contribution in [1.29, 1.82) is 0 Å². The lowest BCUT2D eigenvalue weighted by molar-refractivity contribution is -0.116. The van der Waals surface area contributed by atoms with E-state index in [-0.39, 0.29) is 17.6 Å². The third-order valence-electron chi connectivity index (χ3n) is 4.71. The van der Waals surface area contributed by atoms with Gasteiger partial charge in [0.15, 0.2) is 11.5 Å². The van der Waals surface area contributed by atoms with Crippen LogP contribution in [-0.4, -0.2) is 27.9 Å². The van der Waals surface area contributed by atoms with E-state index in [1.807, 2.05) is 43.3 Å². The first kappa shape index (κ1) is 16.2.